The van der Waals surface area contributed by atoms with E-state index in [0.717, 1.165) is 141 Å². The van der Waals surface area contributed by atoms with Crippen LogP contribution in [-0.4, -0.2) is 74.9 Å². The molecule has 10 heteroatoms. The summed E-state index contributed by atoms with van der Waals surface area (Å²) in [5.41, 5.74) is 0. The van der Waals surface area contributed by atoms with Crippen LogP contribution in [0, 0.1) is 0 Å². The quantitative estimate of drug-likeness (QED) is 0.0211. The molecule has 100 heavy (non-hydrogen) atoms. The first-order chi connectivity index (χ1) is 49.0. The molecule has 0 radical (unpaired) electrons. The summed E-state index contributed by atoms with van der Waals surface area (Å²) in [6.07, 6.45) is 120. The number of likely N-dealkylation sites (N-methyl/N-ethyl adjacent to an activating group) is 1. The Bertz CT molecular complexity index is 2350. The molecule has 0 aliphatic carbocycles. The molecule has 0 rings (SSSR count). The molecule has 2 unspecified atom stereocenters. The van der Waals surface area contributed by atoms with Crippen LogP contribution in [0.1, 0.15) is 322 Å². The summed E-state index contributed by atoms with van der Waals surface area (Å²) >= 11 is 0. The Labute approximate surface area is 616 Å². The van der Waals surface area contributed by atoms with Crippen molar-refractivity contribution in [2.24, 2.45) is 0 Å². The Hall–Kier alpha value is -4.89. The molecule has 2 atom stereocenters. The summed E-state index contributed by atoms with van der Waals surface area (Å²) in [6, 6.07) is 0. The van der Waals surface area contributed by atoms with Crippen LogP contribution >= 0.6 is 7.82 Å². The predicted octanol–water partition coefficient (Wildman–Crippen LogP) is 27.4. The smallest absolute Gasteiger partial charge is 0.462 e. The summed E-state index contributed by atoms with van der Waals surface area (Å²) < 4.78 is 34.8. The van der Waals surface area contributed by atoms with Crippen LogP contribution in [-0.2, 0) is 32.7 Å². The van der Waals surface area contributed by atoms with E-state index in [1.807, 2.05) is 21.1 Å². The van der Waals surface area contributed by atoms with E-state index < -0.39 is 26.5 Å². The molecule has 0 aromatic heterocycles. The van der Waals surface area contributed by atoms with E-state index in [1.165, 1.54) is 148 Å². The molecular formula is C90H151NO8P+. The first kappa shape index (κ1) is 95.1. The second kappa shape index (κ2) is 78.3. The Kier molecular flexibility index (Phi) is 74.4. The maximum atomic E-state index is 12.9. The van der Waals surface area contributed by atoms with Crippen LogP contribution in [0.25, 0.3) is 0 Å². The molecule has 1 N–H and O–H groups in total. The summed E-state index contributed by atoms with van der Waals surface area (Å²) in [4.78, 5) is 36.0. The van der Waals surface area contributed by atoms with Gasteiger partial charge in [0.1, 0.15) is 19.8 Å². The van der Waals surface area contributed by atoms with Crippen molar-refractivity contribution in [2.45, 2.75) is 328 Å². The van der Waals surface area contributed by atoms with E-state index in [2.05, 4.69) is 196 Å². The van der Waals surface area contributed by atoms with Gasteiger partial charge in [0.25, 0.3) is 0 Å². The third kappa shape index (κ3) is 82.1. The fourth-order valence-electron chi connectivity index (χ4n) is 10.8. The average molecular weight is 1410 g/mol. The van der Waals surface area contributed by atoms with Crippen LogP contribution < -0.4 is 0 Å². The SMILES string of the molecule is CC/C=C\C/C=C\C/C=C\C/C=C\C/C=C\C/C=C\C/C=C\C/C=C\C/C=C\C/C=C\C/C=C\CCCCCCCCCC(=O)OC(COC(=O)CCCCCCCCCCCCCCCCCCCCCCCC/C=C\C/C=C\C/C=C\C/C=C\CC)COP(=O)(O)OCC[N+](C)(C)C. The minimum absolute atomic E-state index is 0.0224. The van der Waals surface area contributed by atoms with Gasteiger partial charge in [-0.2, -0.15) is 0 Å². The molecule has 0 saturated carbocycles. The zero-order valence-electron chi connectivity index (χ0n) is 64.9. The fourth-order valence-corrected chi connectivity index (χ4v) is 11.6. The minimum Gasteiger partial charge on any atom is -0.462 e. The van der Waals surface area contributed by atoms with Gasteiger partial charge in [0, 0.05) is 12.8 Å². The highest BCUT2D eigenvalue weighted by molar-refractivity contribution is 7.47. The number of hydrogen-bond donors (Lipinski definition) is 1. The standard InChI is InChI=1S/C90H150NO8P/c1-6-8-10-12-14-16-18-20-22-24-26-28-30-32-34-36-38-40-42-43-44-45-46-47-49-51-53-55-57-59-61-63-65-67-69-71-73-75-77-79-81-83-90(93)99-88(87-98-100(94,95)97-85-84-91(3,4)5)86-96-89(92)82-80-78-76-74-72-70-68-66-64-62-60-58-56-54-52-50-48-41-39-37-35-33-31-29-27-25-23-21-19-17-15-13-11-9-7-2/h8-11,14-17,20-23,26-29,32,34,38,40,43-44,46-47,51,53,57,59,63,65,88H,6-7,12-13,18-19,24-25,30-31,33,35-37,39,41-42,45,48-50,52,54-56,58,60-62,64,66-87H2,1-5H3/p+1/b10-8-,11-9-,16-14-,17-15-,22-20-,23-21-,28-26-,29-27-,34-32-,40-38-,44-43-,47-46-,53-51-,59-57-,65-63-. The largest absolute Gasteiger partial charge is 0.472 e. The molecular weight excluding hydrogens is 1250 g/mol. The van der Waals surface area contributed by atoms with Crippen molar-refractivity contribution in [1.82, 2.24) is 0 Å². The van der Waals surface area contributed by atoms with E-state index in [1.54, 1.807) is 0 Å². The maximum absolute atomic E-state index is 12.9. The number of rotatable bonds is 73. The third-order valence-electron chi connectivity index (χ3n) is 16.9. The Morgan fingerprint density at radius 3 is 0.800 bits per heavy atom. The van der Waals surface area contributed by atoms with Gasteiger partial charge in [0.15, 0.2) is 6.10 Å². The number of carbonyl (C=O) groups is 2. The number of ether oxygens (including phenoxy) is 2. The van der Waals surface area contributed by atoms with Crippen LogP contribution in [0.15, 0.2) is 182 Å². The molecule has 0 aromatic carbocycles. The van der Waals surface area contributed by atoms with Gasteiger partial charge >= 0.3 is 19.8 Å². The Morgan fingerprint density at radius 1 is 0.310 bits per heavy atom. The van der Waals surface area contributed by atoms with Crippen molar-refractivity contribution < 1.29 is 42.1 Å². The molecule has 0 heterocycles. The number of allylic oxidation sites excluding steroid dienone is 30. The van der Waals surface area contributed by atoms with Crippen molar-refractivity contribution in [1.29, 1.82) is 0 Å². The van der Waals surface area contributed by atoms with Gasteiger partial charge < -0.3 is 18.9 Å². The van der Waals surface area contributed by atoms with Gasteiger partial charge in [-0.25, -0.2) is 4.57 Å². The number of phosphoric acid groups is 1. The highest BCUT2D eigenvalue weighted by Gasteiger charge is 2.27. The number of unbranched alkanes of at least 4 members (excludes halogenated alkanes) is 29. The lowest BCUT2D eigenvalue weighted by Gasteiger charge is -2.24. The van der Waals surface area contributed by atoms with Crippen molar-refractivity contribution in [3.05, 3.63) is 182 Å². The van der Waals surface area contributed by atoms with Crippen LogP contribution in [0.2, 0.25) is 0 Å². The van der Waals surface area contributed by atoms with Crippen LogP contribution in [0.5, 0.6) is 0 Å². The topological polar surface area (TPSA) is 108 Å². The lowest BCUT2D eigenvalue weighted by Crippen LogP contribution is -2.37. The molecule has 0 bridgehead atoms. The highest BCUT2D eigenvalue weighted by Crippen LogP contribution is 2.43. The van der Waals surface area contributed by atoms with Gasteiger partial charge in [-0.1, -0.05) is 357 Å². The zero-order chi connectivity index (χ0) is 72.5. The molecule has 0 aliphatic heterocycles. The van der Waals surface area contributed by atoms with Gasteiger partial charge in [0.2, 0.25) is 0 Å². The third-order valence-corrected chi connectivity index (χ3v) is 17.9. The molecule has 0 amide bonds. The summed E-state index contributed by atoms with van der Waals surface area (Å²) in [6.45, 7) is 4.21. The molecule has 0 fully saturated rings. The van der Waals surface area contributed by atoms with Crippen molar-refractivity contribution >= 4 is 19.8 Å². The maximum Gasteiger partial charge on any atom is 0.472 e. The first-order valence-corrected chi connectivity index (χ1v) is 42.0. The van der Waals surface area contributed by atoms with Crippen LogP contribution in [0.4, 0.5) is 0 Å². The van der Waals surface area contributed by atoms with Crippen molar-refractivity contribution in [3.8, 4) is 0 Å². The van der Waals surface area contributed by atoms with E-state index in [-0.39, 0.29) is 32.0 Å². The second-order valence-corrected chi connectivity index (χ2v) is 29.1. The Morgan fingerprint density at radius 2 is 0.540 bits per heavy atom. The molecule has 568 valence electrons. The summed E-state index contributed by atoms with van der Waals surface area (Å²) in [5, 5.41) is 0. The lowest BCUT2D eigenvalue weighted by atomic mass is 10.0. The zero-order valence-corrected chi connectivity index (χ0v) is 65.8. The number of esters is 2. The van der Waals surface area contributed by atoms with Gasteiger partial charge in [0.05, 0.1) is 27.7 Å². The second-order valence-electron chi connectivity index (χ2n) is 27.7. The number of phosphoric ester groups is 1. The van der Waals surface area contributed by atoms with E-state index in [0.29, 0.717) is 17.4 Å². The number of quaternary nitrogens is 1. The normalized spacial score (nSPS) is 14.0. The first-order valence-electron chi connectivity index (χ1n) is 40.5. The molecule has 9 nitrogen and oxygen atoms in total. The van der Waals surface area contributed by atoms with E-state index >= 15 is 0 Å². The number of nitrogens with zero attached hydrogens (tertiary/aromatic N) is 1. The van der Waals surface area contributed by atoms with Gasteiger partial charge in [-0.15, -0.1) is 0 Å². The Balaban J connectivity index is 4.05. The van der Waals surface area contributed by atoms with E-state index in [4.69, 9.17) is 18.5 Å². The lowest BCUT2D eigenvalue weighted by molar-refractivity contribution is -0.870. The highest BCUT2D eigenvalue weighted by atomic mass is 31.2. The number of carbonyl (C=O) groups excluding carboxylic acids is 2. The van der Waals surface area contributed by atoms with Crippen molar-refractivity contribution in [2.75, 3.05) is 47.5 Å². The van der Waals surface area contributed by atoms with Gasteiger partial charge in [-0.3, -0.25) is 18.6 Å². The predicted molar refractivity (Wildman–Crippen MR) is 436 cm³/mol. The summed E-state index contributed by atoms with van der Waals surface area (Å²) in [5.74, 6) is -0.810. The molecule has 0 aromatic rings. The molecule has 0 saturated heterocycles. The minimum atomic E-state index is -4.41. The van der Waals surface area contributed by atoms with Crippen molar-refractivity contribution in [3.63, 3.8) is 0 Å². The van der Waals surface area contributed by atoms with E-state index in [9.17, 15) is 19.0 Å². The molecule has 0 aliphatic rings. The molecule has 0 spiro atoms. The number of hydrogen-bond acceptors (Lipinski definition) is 7. The summed E-state index contributed by atoms with van der Waals surface area (Å²) in [7, 11) is 1.46. The van der Waals surface area contributed by atoms with Crippen LogP contribution in [0.3, 0.4) is 0 Å². The van der Waals surface area contributed by atoms with Gasteiger partial charge in [-0.05, 0) is 135 Å². The fraction of sp³-hybridized carbons (Fsp3) is 0.644. The monoisotopic (exact) mass is 1410 g/mol. The average Bonchev–Trinajstić information content (AvgIpc) is 1.30.